The number of rotatable bonds is 8. The highest BCUT2D eigenvalue weighted by atomic mass is 32.2. The van der Waals surface area contributed by atoms with Crippen LogP contribution in [0.4, 0.5) is 5.69 Å². The van der Waals surface area contributed by atoms with Crippen LogP contribution in [0.15, 0.2) is 29.3 Å². The second-order valence-corrected chi connectivity index (χ2v) is 8.43. The molecule has 140 valence electrons. The zero-order chi connectivity index (χ0) is 18.1. The van der Waals surface area contributed by atoms with Crippen molar-refractivity contribution in [3.05, 3.63) is 29.8 Å². The Morgan fingerprint density at radius 1 is 1.20 bits per heavy atom. The molecule has 1 saturated carbocycles. The van der Waals surface area contributed by atoms with Crippen LogP contribution in [0.5, 0.6) is 0 Å². The molecular formula is C18H30N4O2S. The molecule has 0 aromatic heterocycles. The van der Waals surface area contributed by atoms with Gasteiger partial charge in [0, 0.05) is 20.1 Å². The summed E-state index contributed by atoms with van der Waals surface area (Å²) < 4.78 is 25.5. The third-order valence-electron chi connectivity index (χ3n) is 4.54. The lowest BCUT2D eigenvalue weighted by molar-refractivity contribution is 0.481. The van der Waals surface area contributed by atoms with Crippen molar-refractivity contribution in [3.8, 4) is 0 Å². The van der Waals surface area contributed by atoms with E-state index in [9.17, 15) is 8.42 Å². The van der Waals surface area contributed by atoms with Crippen molar-refractivity contribution in [2.24, 2.45) is 10.9 Å². The van der Waals surface area contributed by atoms with Gasteiger partial charge in [-0.05, 0) is 30.4 Å². The molecule has 2 rings (SSSR count). The van der Waals surface area contributed by atoms with Gasteiger partial charge in [0.2, 0.25) is 10.0 Å². The second-order valence-electron chi connectivity index (χ2n) is 6.68. The van der Waals surface area contributed by atoms with E-state index < -0.39 is 10.0 Å². The first-order chi connectivity index (χ1) is 12.0. The normalized spacial score (nSPS) is 16.0. The smallest absolute Gasteiger partial charge is 0.229 e. The number of nitrogens with one attached hydrogen (secondary N) is 3. The number of anilines is 1. The molecule has 0 atom stereocenters. The molecule has 0 saturated heterocycles. The first kappa shape index (κ1) is 19.6. The van der Waals surface area contributed by atoms with Crippen molar-refractivity contribution in [3.63, 3.8) is 0 Å². The second kappa shape index (κ2) is 9.65. The Kier molecular flexibility index (Phi) is 7.55. The van der Waals surface area contributed by atoms with Gasteiger partial charge in [0.1, 0.15) is 0 Å². The largest absolute Gasteiger partial charge is 0.356 e. The Bertz CT molecular complexity index is 667. The summed E-state index contributed by atoms with van der Waals surface area (Å²) in [5.74, 6) is 1.64. The van der Waals surface area contributed by atoms with E-state index in [1.165, 1.54) is 32.1 Å². The van der Waals surface area contributed by atoms with E-state index >= 15 is 0 Å². The maximum atomic E-state index is 11.5. The highest BCUT2D eigenvalue weighted by molar-refractivity contribution is 7.92. The number of hydrogen-bond acceptors (Lipinski definition) is 3. The Balaban J connectivity index is 1.78. The number of nitrogens with zero attached hydrogens (tertiary/aromatic N) is 1. The zero-order valence-corrected chi connectivity index (χ0v) is 16.0. The highest BCUT2D eigenvalue weighted by Gasteiger charge is 2.14. The third kappa shape index (κ3) is 7.34. The Labute approximate surface area is 151 Å². The topological polar surface area (TPSA) is 82.6 Å². The van der Waals surface area contributed by atoms with E-state index in [1.54, 1.807) is 13.1 Å². The lowest BCUT2D eigenvalue weighted by Crippen LogP contribution is -2.37. The monoisotopic (exact) mass is 366 g/mol. The Hall–Kier alpha value is -1.76. The quantitative estimate of drug-likeness (QED) is 0.375. The molecule has 0 amide bonds. The van der Waals surface area contributed by atoms with Crippen molar-refractivity contribution in [2.45, 2.75) is 45.1 Å². The number of benzene rings is 1. The maximum absolute atomic E-state index is 11.5. The van der Waals surface area contributed by atoms with Crippen molar-refractivity contribution in [2.75, 3.05) is 24.6 Å². The van der Waals surface area contributed by atoms with Gasteiger partial charge >= 0.3 is 0 Å². The molecule has 0 radical (unpaired) electrons. The van der Waals surface area contributed by atoms with E-state index in [1.807, 2.05) is 18.2 Å². The van der Waals surface area contributed by atoms with Crippen LogP contribution in [0.25, 0.3) is 0 Å². The molecule has 1 aromatic carbocycles. The van der Waals surface area contributed by atoms with Crippen LogP contribution >= 0.6 is 0 Å². The number of hydrogen-bond donors (Lipinski definition) is 3. The minimum absolute atomic E-state index is 0.501. The fourth-order valence-corrected chi connectivity index (χ4v) is 3.87. The van der Waals surface area contributed by atoms with E-state index in [4.69, 9.17) is 0 Å². The summed E-state index contributed by atoms with van der Waals surface area (Å²) in [6, 6.07) is 7.36. The molecule has 1 aromatic rings. The summed E-state index contributed by atoms with van der Waals surface area (Å²) in [4.78, 5) is 4.23. The Morgan fingerprint density at radius 3 is 2.60 bits per heavy atom. The molecule has 25 heavy (non-hydrogen) atoms. The van der Waals surface area contributed by atoms with Gasteiger partial charge in [0.15, 0.2) is 5.96 Å². The first-order valence-electron chi connectivity index (χ1n) is 8.98. The summed E-state index contributed by atoms with van der Waals surface area (Å²) in [6.07, 6.45) is 9.14. The van der Waals surface area contributed by atoms with Crippen LogP contribution in [0, 0.1) is 5.92 Å². The predicted molar refractivity (Wildman–Crippen MR) is 104 cm³/mol. The lowest BCUT2D eigenvalue weighted by atomic mass is 10.0. The molecule has 0 bridgehead atoms. The summed E-state index contributed by atoms with van der Waals surface area (Å²) in [5, 5.41) is 6.58. The number of sulfonamides is 1. The van der Waals surface area contributed by atoms with E-state index in [-0.39, 0.29) is 0 Å². The molecule has 0 spiro atoms. The van der Waals surface area contributed by atoms with Crippen LogP contribution in [-0.4, -0.2) is 34.2 Å². The van der Waals surface area contributed by atoms with E-state index in [0.29, 0.717) is 12.2 Å². The molecule has 1 aliphatic carbocycles. The summed E-state index contributed by atoms with van der Waals surface area (Å²) in [5.41, 5.74) is 1.47. The Morgan fingerprint density at radius 2 is 1.92 bits per heavy atom. The average Bonchev–Trinajstić information content (AvgIpc) is 3.07. The van der Waals surface area contributed by atoms with Crippen molar-refractivity contribution in [1.82, 2.24) is 10.6 Å². The average molecular weight is 367 g/mol. The molecule has 7 heteroatoms. The van der Waals surface area contributed by atoms with Crippen LogP contribution < -0.4 is 15.4 Å². The SMILES string of the molecule is CN=C(NCCCC1CCCC1)NCc1ccccc1NS(C)(=O)=O. The fraction of sp³-hybridized carbons (Fsp3) is 0.611. The van der Waals surface area contributed by atoms with Gasteiger partial charge in [-0.3, -0.25) is 9.71 Å². The van der Waals surface area contributed by atoms with Gasteiger partial charge in [-0.25, -0.2) is 8.42 Å². The maximum Gasteiger partial charge on any atom is 0.229 e. The number of para-hydroxylation sites is 1. The van der Waals surface area contributed by atoms with E-state index in [0.717, 1.165) is 36.7 Å². The highest BCUT2D eigenvalue weighted by Crippen LogP contribution is 2.28. The lowest BCUT2D eigenvalue weighted by Gasteiger charge is -2.15. The molecule has 0 heterocycles. The molecule has 0 aliphatic heterocycles. The van der Waals surface area contributed by atoms with E-state index in [2.05, 4.69) is 20.3 Å². The van der Waals surface area contributed by atoms with Crippen LogP contribution in [0.1, 0.15) is 44.1 Å². The third-order valence-corrected chi connectivity index (χ3v) is 5.13. The molecule has 3 N–H and O–H groups in total. The zero-order valence-electron chi connectivity index (χ0n) is 15.2. The fourth-order valence-electron chi connectivity index (χ4n) is 3.27. The summed E-state index contributed by atoms with van der Waals surface area (Å²) >= 11 is 0. The molecule has 1 fully saturated rings. The van der Waals surface area contributed by atoms with Gasteiger partial charge in [-0.1, -0.05) is 43.9 Å². The molecule has 6 nitrogen and oxygen atoms in total. The first-order valence-corrected chi connectivity index (χ1v) is 10.9. The molecule has 1 aliphatic rings. The van der Waals surface area contributed by atoms with Gasteiger partial charge in [0.05, 0.1) is 11.9 Å². The van der Waals surface area contributed by atoms with Gasteiger partial charge in [-0.15, -0.1) is 0 Å². The van der Waals surface area contributed by atoms with Crippen LogP contribution in [0.2, 0.25) is 0 Å². The minimum atomic E-state index is -3.29. The van der Waals surface area contributed by atoms with Gasteiger partial charge in [-0.2, -0.15) is 0 Å². The van der Waals surface area contributed by atoms with Crippen molar-refractivity contribution in [1.29, 1.82) is 0 Å². The molecular weight excluding hydrogens is 336 g/mol. The number of aliphatic imine (C=N–C) groups is 1. The van der Waals surface area contributed by atoms with Crippen molar-refractivity contribution >= 4 is 21.7 Å². The standard InChI is InChI=1S/C18H30N4O2S/c1-19-18(20-13-7-10-15-8-3-4-9-15)21-14-16-11-5-6-12-17(16)22-25(2,23)24/h5-6,11-12,15,22H,3-4,7-10,13-14H2,1-2H3,(H2,19,20,21). The van der Waals surface area contributed by atoms with Crippen LogP contribution in [0.3, 0.4) is 0 Å². The molecule has 0 unspecified atom stereocenters. The summed E-state index contributed by atoms with van der Waals surface area (Å²) in [7, 11) is -1.55. The summed E-state index contributed by atoms with van der Waals surface area (Å²) in [6.45, 7) is 1.40. The minimum Gasteiger partial charge on any atom is -0.356 e. The van der Waals surface area contributed by atoms with Crippen LogP contribution in [-0.2, 0) is 16.6 Å². The number of guanidine groups is 1. The van der Waals surface area contributed by atoms with Gasteiger partial charge < -0.3 is 10.6 Å². The van der Waals surface area contributed by atoms with Crippen molar-refractivity contribution < 1.29 is 8.42 Å². The predicted octanol–water partition coefficient (Wildman–Crippen LogP) is 2.69. The van der Waals surface area contributed by atoms with Gasteiger partial charge in [0.25, 0.3) is 0 Å².